The van der Waals surface area contributed by atoms with E-state index in [0.717, 1.165) is 38.5 Å². The van der Waals surface area contributed by atoms with E-state index in [-0.39, 0.29) is 25.6 Å². The molecule has 0 aliphatic carbocycles. The monoisotopic (exact) mass is 901 g/mol. The van der Waals surface area contributed by atoms with Gasteiger partial charge in [-0.1, -0.05) is 225 Å². The van der Waals surface area contributed by atoms with Gasteiger partial charge in [0.05, 0.1) is 27.7 Å². The molecule has 368 valence electrons. The first-order valence-electron chi connectivity index (χ1n) is 26.4. The molecule has 2 atom stereocenters. The van der Waals surface area contributed by atoms with Crippen LogP contribution in [0, 0.1) is 0 Å². The average molecular weight is 901 g/mol. The lowest BCUT2D eigenvalue weighted by atomic mass is 10.0. The molecule has 0 fully saturated rings. The number of carbonyl (C=O) groups excluding carboxylic acids is 2. The van der Waals surface area contributed by atoms with E-state index in [9.17, 15) is 19.0 Å². The molecule has 10 heteroatoms. The van der Waals surface area contributed by atoms with E-state index in [0.29, 0.717) is 23.9 Å². The van der Waals surface area contributed by atoms with Gasteiger partial charge in [0.1, 0.15) is 19.8 Å². The molecule has 1 N–H and O–H groups in total. The second-order valence-corrected chi connectivity index (χ2v) is 20.8. The van der Waals surface area contributed by atoms with E-state index >= 15 is 0 Å². The number of allylic oxidation sites excluding steroid dienone is 1. The summed E-state index contributed by atoms with van der Waals surface area (Å²) < 4.78 is 34.5. The van der Waals surface area contributed by atoms with Gasteiger partial charge in [-0.2, -0.15) is 0 Å². The highest BCUT2D eigenvalue weighted by molar-refractivity contribution is 7.47. The highest BCUT2D eigenvalue weighted by Crippen LogP contribution is 2.43. The second-order valence-electron chi connectivity index (χ2n) is 19.4. The third-order valence-corrected chi connectivity index (χ3v) is 12.9. The number of esters is 2. The Kier molecular flexibility index (Phi) is 44.0. The fourth-order valence-corrected chi connectivity index (χ4v) is 8.56. The van der Waals surface area contributed by atoms with Crippen LogP contribution in [0.15, 0.2) is 12.7 Å². The van der Waals surface area contributed by atoms with E-state index in [2.05, 4.69) is 13.5 Å². The fourth-order valence-electron chi connectivity index (χ4n) is 7.82. The summed E-state index contributed by atoms with van der Waals surface area (Å²) in [7, 11) is 1.49. The topological polar surface area (TPSA) is 108 Å². The van der Waals surface area contributed by atoms with Gasteiger partial charge in [0, 0.05) is 12.8 Å². The number of ether oxygens (including phenoxy) is 2. The van der Waals surface area contributed by atoms with Crippen LogP contribution < -0.4 is 0 Å². The Morgan fingerprint density at radius 2 is 0.855 bits per heavy atom. The Morgan fingerprint density at radius 3 is 1.21 bits per heavy atom. The summed E-state index contributed by atoms with van der Waals surface area (Å²) in [6, 6.07) is 0. The fraction of sp³-hybridized carbons (Fsp3) is 0.923. The quantitative estimate of drug-likeness (QED) is 0.0211. The molecule has 0 aromatic heterocycles. The molecule has 0 bridgehead atoms. The van der Waals surface area contributed by atoms with Gasteiger partial charge in [-0.25, -0.2) is 4.57 Å². The van der Waals surface area contributed by atoms with Crippen molar-refractivity contribution in [3.8, 4) is 0 Å². The van der Waals surface area contributed by atoms with Crippen molar-refractivity contribution >= 4 is 19.8 Å². The molecule has 0 aliphatic rings. The molecule has 0 heterocycles. The number of phosphoric ester groups is 1. The number of quaternary nitrogens is 1. The Labute approximate surface area is 384 Å². The Hall–Kier alpha value is -1.25. The first kappa shape index (κ1) is 60.8. The van der Waals surface area contributed by atoms with E-state index in [4.69, 9.17) is 18.5 Å². The highest BCUT2D eigenvalue weighted by Gasteiger charge is 2.27. The number of hydrogen-bond acceptors (Lipinski definition) is 7. The lowest BCUT2D eigenvalue weighted by Gasteiger charge is -2.24. The van der Waals surface area contributed by atoms with Gasteiger partial charge in [0.25, 0.3) is 0 Å². The summed E-state index contributed by atoms with van der Waals surface area (Å²) in [4.78, 5) is 35.5. The molecule has 0 spiro atoms. The molecule has 0 saturated carbocycles. The predicted octanol–water partition coefficient (Wildman–Crippen LogP) is 15.7. The molecule has 0 aliphatic heterocycles. The molecule has 0 rings (SSSR count). The number of likely N-dealkylation sites (N-methyl/N-ethyl adjacent to an activating group) is 1. The molecule has 62 heavy (non-hydrogen) atoms. The molecule has 0 radical (unpaired) electrons. The van der Waals surface area contributed by atoms with Crippen molar-refractivity contribution in [1.82, 2.24) is 0 Å². The minimum Gasteiger partial charge on any atom is -0.462 e. The van der Waals surface area contributed by atoms with Gasteiger partial charge >= 0.3 is 19.8 Å². The van der Waals surface area contributed by atoms with Gasteiger partial charge in [-0.05, 0) is 25.7 Å². The molecule has 1 unspecified atom stereocenters. The van der Waals surface area contributed by atoms with E-state index in [1.165, 1.54) is 193 Å². The third-order valence-electron chi connectivity index (χ3n) is 11.9. The van der Waals surface area contributed by atoms with Crippen molar-refractivity contribution in [1.29, 1.82) is 0 Å². The second kappa shape index (κ2) is 44.9. The van der Waals surface area contributed by atoms with Crippen molar-refractivity contribution in [2.45, 2.75) is 263 Å². The number of hydrogen-bond donors (Lipinski definition) is 1. The average Bonchev–Trinajstić information content (AvgIpc) is 3.23. The first-order chi connectivity index (χ1) is 30.0. The first-order valence-corrected chi connectivity index (χ1v) is 27.9. The summed E-state index contributed by atoms with van der Waals surface area (Å²) in [5.41, 5.74) is 0. The zero-order chi connectivity index (χ0) is 45.7. The van der Waals surface area contributed by atoms with Crippen LogP contribution in [0.1, 0.15) is 257 Å². The number of rotatable bonds is 50. The van der Waals surface area contributed by atoms with Crippen LogP contribution in [0.4, 0.5) is 0 Å². The normalized spacial score (nSPS) is 13.2. The van der Waals surface area contributed by atoms with Crippen molar-refractivity contribution in [2.24, 2.45) is 0 Å². The van der Waals surface area contributed by atoms with Gasteiger partial charge < -0.3 is 18.9 Å². The molecule has 0 saturated heterocycles. The Bertz CT molecular complexity index is 1050. The number of phosphoric acid groups is 1. The van der Waals surface area contributed by atoms with Gasteiger partial charge in [0.2, 0.25) is 0 Å². The Morgan fingerprint density at radius 1 is 0.516 bits per heavy atom. The predicted molar refractivity (Wildman–Crippen MR) is 261 cm³/mol. The summed E-state index contributed by atoms with van der Waals surface area (Å²) in [5, 5.41) is 0. The Balaban J connectivity index is 4.13. The SMILES string of the molecule is C=CCCCCCCCCCCCCCCCC(=O)O[C@@H](COC(=O)CCCCCCCCCCCCCCCCCCCCCCCCC)COP(=O)(O)OCC[N+](C)(C)C. The van der Waals surface area contributed by atoms with Crippen LogP contribution >= 0.6 is 7.82 Å². The van der Waals surface area contributed by atoms with Gasteiger partial charge in [0.15, 0.2) is 6.10 Å². The summed E-state index contributed by atoms with van der Waals surface area (Å²) in [6.45, 7) is 6.00. The lowest BCUT2D eigenvalue weighted by Crippen LogP contribution is -2.37. The van der Waals surface area contributed by atoms with Crippen molar-refractivity contribution in [3.63, 3.8) is 0 Å². The largest absolute Gasteiger partial charge is 0.472 e. The van der Waals surface area contributed by atoms with Crippen LogP contribution in [-0.2, 0) is 32.7 Å². The van der Waals surface area contributed by atoms with Crippen LogP contribution in [0.25, 0.3) is 0 Å². The van der Waals surface area contributed by atoms with Crippen molar-refractivity contribution in [2.75, 3.05) is 47.5 Å². The highest BCUT2D eigenvalue weighted by atomic mass is 31.2. The molecule has 9 nitrogen and oxygen atoms in total. The maximum absolute atomic E-state index is 12.7. The smallest absolute Gasteiger partial charge is 0.462 e. The minimum absolute atomic E-state index is 0.0347. The minimum atomic E-state index is -4.37. The van der Waals surface area contributed by atoms with Crippen molar-refractivity contribution in [3.05, 3.63) is 12.7 Å². The number of carbonyl (C=O) groups is 2. The summed E-state index contributed by atoms with van der Waals surface area (Å²) in [6.07, 6.45) is 48.8. The maximum Gasteiger partial charge on any atom is 0.472 e. The van der Waals surface area contributed by atoms with Crippen LogP contribution in [0.3, 0.4) is 0 Å². The van der Waals surface area contributed by atoms with Crippen LogP contribution in [-0.4, -0.2) is 74.9 Å². The van der Waals surface area contributed by atoms with Crippen molar-refractivity contribution < 1.29 is 42.1 Å². The molecule has 0 amide bonds. The van der Waals surface area contributed by atoms with Gasteiger partial charge in [-0.15, -0.1) is 6.58 Å². The van der Waals surface area contributed by atoms with E-state index < -0.39 is 26.5 Å². The van der Waals surface area contributed by atoms with Crippen LogP contribution in [0.2, 0.25) is 0 Å². The molecule has 0 aromatic rings. The van der Waals surface area contributed by atoms with Gasteiger partial charge in [-0.3, -0.25) is 18.6 Å². The summed E-state index contributed by atoms with van der Waals surface area (Å²) >= 11 is 0. The standard InChI is InChI=1S/C52H102NO8P/c1-6-8-10-12-14-16-18-20-22-23-24-25-26-27-28-29-31-32-34-36-38-40-42-44-51(54)58-48-50(49-60-62(56,57)59-47-46-53(3,4)5)61-52(55)45-43-41-39-37-35-33-30-21-19-17-15-13-11-9-7-2/h7,50H,2,6,8-49H2,1,3-5H3/p+1/t50-/m0/s1. The molecule has 0 aromatic carbocycles. The molecular weight excluding hydrogens is 798 g/mol. The zero-order valence-electron chi connectivity index (χ0n) is 41.5. The molecular formula is C52H103NO8P+. The number of unbranched alkanes of at least 4 members (excludes halogenated alkanes) is 35. The van der Waals surface area contributed by atoms with E-state index in [1.807, 2.05) is 27.2 Å². The van der Waals surface area contributed by atoms with Crippen LogP contribution in [0.5, 0.6) is 0 Å². The number of nitrogens with zero attached hydrogens (tertiary/aromatic N) is 1. The van der Waals surface area contributed by atoms with E-state index in [1.54, 1.807) is 0 Å². The summed E-state index contributed by atoms with van der Waals surface area (Å²) in [5.74, 6) is -0.784. The lowest BCUT2D eigenvalue weighted by molar-refractivity contribution is -0.870. The zero-order valence-corrected chi connectivity index (χ0v) is 42.4. The third kappa shape index (κ3) is 48.2. The maximum atomic E-state index is 12.7.